The van der Waals surface area contributed by atoms with E-state index < -0.39 is 7.12 Å². The van der Waals surface area contributed by atoms with Crippen LogP contribution in [0.3, 0.4) is 0 Å². The maximum absolute atomic E-state index is 6.10. The lowest BCUT2D eigenvalue weighted by Crippen LogP contribution is -2.41. The van der Waals surface area contributed by atoms with Crippen LogP contribution in [0.25, 0.3) is 10.9 Å². The number of nitrogens with zero attached hydrogens (tertiary/aromatic N) is 2. The number of methoxy groups -OCH3 is 1. The smallest absolute Gasteiger partial charge is 0.479 e. The molecule has 110 valence electrons. The standard InChI is InChI=1S/C15H19BN2O3/c1-14(2)15(3,4)21-16(20-14)11-9-18-13(19-5)12-10(11)7-6-8-17-12/h6-9H,1-5H3. The molecule has 3 rings (SSSR count). The Labute approximate surface area is 124 Å². The van der Waals surface area contributed by atoms with Crippen LogP contribution >= 0.6 is 0 Å². The van der Waals surface area contributed by atoms with Crippen LogP contribution in [0.2, 0.25) is 0 Å². The summed E-state index contributed by atoms with van der Waals surface area (Å²) in [5, 5.41) is 0.933. The van der Waals surface area contributed by atoms with Gasteiger partial charge in [0.15, 0.2) is 0 Å². The quantitative estimate of drug-likeness (QED) is 0.790. The Bertz CT molecular complexity index is 672. The van der Waals surface area contributed by atoms with Crippen LogP contribution in [-0.2, 0) is 9.31 Å². The molecule has 0 aromatic carbocycles. The van der Waals surface area contributed by atoms with Gasteiger partial charge in [-0.25, -0.2) is 4.98 Å². The van der Waals surface area contributed by atoms with Gasteiger partial charge >= 0.3 is 7.12 Å². The summed E-state index contributed by atoms with van der Waals surface area (Å²) >= 11 is 0. The molecule has 2 aromatic heterocycles. The molecular formula is C15H19BN2O3. The largest absolute Gasteiger partial charge is 0.497 e. The minimum absolute atomic E-state index is 0.383. The summed E-state index contributed by atoms with van der Waals surface area (Å²) in [4.78, 5) is 8.68. The lowest BCUT2D eigenvalue weighted by Gasteiger charge is -2.32. The zero-order valence-electron chi connectivity index (χ0n) is 13.0. The molecule has 0 saturated carbocycles. The summed E-state index contributed by atoms with van der Waals surface area (Å²) in [6.07, 6.45) is 3.46. The van der Waals surface area contributed by atoms with Gasteiger partial charge in [-0.2, -0.15) is 0 Å². The third-order valence-corrected chi connectivity index (χ3v) is 4.34. The third kappa shape index (κ3) is 2.19. The number of aromatic nitrogens is 2. The first-order valence-corrected chi connectivity index (χ1v) is 6.99. The van der Waals surface area contributed by atoms with E-state index in [2.05, 4.69) is 9.97 Å². The van der Waals surface area contributed by atoms with Crippen molar-refractivity contribution in [3.63, 3.8) is 0 Å². The van der Waals surface area contributed by atoms with Gasteiger partial charge in [0.2, 0.25) is 5.88 Å². The van der Waals surface area contributed by atoms with Crippen LogP contribution in [0.5, 0.6) is 5.88 Å². The van der Waals surface area contributed by atoms with Crippen LogP contribution in [0, 0.1) is 0 Å². The van der Waals surface area contributed by atoms with Gasteiger partial charge in [0.1, 0.15) is 5.52 Å². The van der Waals surface area contributed by atoms with Crippen LogP contribution < -0.4 is 10.2 Å². The predicted octanol–water partition coefficient (Wildman–Crippen LogP) is 1.94. The maximum atomic E-state index is 6.10. The first kappa shape index (κ1) is 14.3. The minimum Gasteiger partial charge on any atom is -0.479 e. The predicted molar refractivity (Wildman–Crippen MR) is 81.8 cm³/mol. The zero-order valence-corrected chi connectivity index (χ0v) is 13.0. The highest BCUT2D eigenvalue weighted by Crippen LogP contribution is 2.37. The fourth-order valence-electron chi connectivity index (χ4n) is 2.37. The van der Waals surface area contributed by atoms with Crippen LogP contribution in [0.15, 0.2) is 24.5 Å². The average molecular weight is 286 g/mol. The summed E-state index contributed by atoms with van der Waals surface area (Å²) in [7, 11) is 1.13. The molecule has 1 aliphatic heterocycles. The van der Waals surface area contributed by atoms with Crippen molar-refractivity contribution >= 4 is 23.5 Å². The molecule has 0 atom stereocenters. The van der Waals surface area contributed by atoms with Gasteiger partial charge in [0.25, 0.3) is 0 Å². The molecule has 1 fully saturated rings. The Morgan fingerprint density at radius 1 is 1.10 bits per heavy atom. The van der Waals surface area contributed by atoms with E-state index in [-0.39, 0.29) is 11.2 Å². The van der Waals surface area contributed by atoms with Gasteiger partial charge in [-0.1, -0.05) is 6.07 Å². The second-order valence-electron chi connectivity index (χ2n) is 6.21. The molecule has 5 nitrogen and oxygen atoms in total. The Morgan fingerprint density at radius 3 is 2.38 bits per heavy atom. The summed E-state index contributed by atoms with van der Waals surface area (Å²) < 4.78 is 17.5. The van der Waals surface area contributed by atoms with Crippen molar-refractivity contribution < 1.29 is 14.0 Å². The average Bonchev–Trinajstić information content (AvgIpc) is 2.66. The van der Waals surface area contributed by atoms with Gasteiger partial charge in [-0.3, -0.25) is 4.98 Å². The number of hydrogen-bond donors (Lipinski definition) is 0. The van der Waals surface area contributed by atoms with E-state index in [9.17, 15) is 0 Å². The van der Waals surface area contributed by atoms with Crippen molar-refractivity contribution in [2.45, 2.75) is 38.9 Å². The molecule has 21 heavy (non-hydrogen) atoms. The molecule has 2 aromatic rings. The van der Waals surface area contributed by atoms with Crippen molar-refractivity contribution in [2.24, 2.45) is 0 Å². The Morgan fingerprint density at radius 2 is 1.76 bits per heavy atom. The molecule has 0 aliphatic carbocycles. The Hall–Kier alpha value is -1.66. The van der Waals surface area contributed by atoms with Crippen LogP contribution in [-0.4, -0.2) is 35.4 Å². The Kier molecular flexibility index (Phi) is 3.18. The summed E-state index contributed by atoms with van der Waals surface area (Å²) in [6.45, 7) is 8.13. The number of rotatable bonds is 2. The SMILES string of the molecule is COc1ncc(B2OC(C)(C)C(C)(C)O2)c2cccnc12. The molecule has 6 heteroatoms. The number of fused-ring (bicyclic) bond motifs is 1. The van der Waals surface area contributed by atoms with E-state index >= 15 is 0 Å². The van der Waals surface area contributed by atoms with Crippen LogP contribution in [0.4, 0.5) is 0 Å². The van der Waals surface area contributed by atoms with Gasteiger partial charge in [0, 0.05) is 23.2 Å². The van der Waals surface area contributed by atoms with Gasteiger partial charge in [-0.15, -0.1) is 0 Å². The fourth-order valence-corrected chi connectivity index (χ4v) is 2.37. The van der Waals surface area contributed by atoms with Crippen molar-refractivity contribution in [2.75, 3.05) is 7.11 Å². The van der Waals surface area contributed by atoms with E-state index in [0.717, 1.165) is 10.8 Å². The zero-order chi connectivity index (χ0) is 15.3. The minimum atomic E-state index is -0.458. The van der Waals surface area contributed by atoms with Gasteiger partial charge < -0.3 is 14.0 Å². The molecule has 1 aliphatic rings. The van der Waals surface area contributed by atoms with E-state index in [4.69, 9.17) is 14.0 Å². The van der Waals surface area contributed by atoms with Crippen molar-refractivity contribution in [3.8, 4) is 5.88 Å². The van der Waals surface area contributed by atoms with Crippen molar-refractivity contribution in [1.29, 1.82) is 0 Å². The summed E-state index contributed by atoms with van der Waals surface area (Å²) in [5.41, 5.74) is 0.822. The lowest BCUT2D eigenvalue weighted by atomic mass is 9.78. The van der Waals surface area contributed by atoms with Gasteiger partial charge in [0.05, 0.1) is 18.3 Å². The molecule has 0 N–H and O–H groups in total. The van der Waals surface area contributed by atoms with Crippen LogP contribution in [0.1, 0.15) is 27.7 Å². The first-order chi connectivity index (χ1) is 9.86. The highest BCUT2D eigenvalue weighted by Gasteiger charge is 2.52. The first-order valence-electron chi connectivity index (χ1n) is 6.99. The normalized spacial score (nSPS) is 20.0. The number of pyridine rings is 2. The molecule has 0 unspecified atom stereocenters. The van der Waals surface area contributed by atoms with E-state index in [0.29, 0.717) is 11.4 Å². The molecule has 0 radical (unpaired) electrons. The number of ether oxygens (including phenoxy) is 1. The second-order valence-corrected chi connectivity index (χ2v) is 6.21. The Balaban J connectivity index is 2.11. The highest BCUT2D eigenvalue weighted by molar-refractivity contribution is 6.65. The lowest BCUT2D eigenvalue weighted by molar-refractivity contribution is 0.00578. The molecule has 3 heterocycles. The molecule has 0 bridgehead atoms. The highest BCUT2D eigenvalue weighted by atomic mass is 16.7. The summed E-state index contributed by atoms with van der Waals surface area (Å²) in [6, 6.07) is 3.86. The molecule has 0 amide bonds. The maximum Gasteiger partial charge on any atom is 0.497 e. The topological polar surface area (TPSA) is 53.5 Å². The molecular weight excluding hydrogens is 267 g/mol. The van der Waals surface area contributed by atoms with Crippen molar-refractivity contribution in [1.82, 2.24) is 9.97 Å². The van der Waals surface area contributed by atoms with Gasteiger partial charge in [-0.05, 0) is 33.8 Å². The molecule has 0 spiro atoms. The summed E-state index contributed by atoms with van der Waals surface area (Å²) in [5.74, 6) is 0.505. The number of hydrogen-bond acceptors (Lipinski definition) is 5. The fraction of sp³-hybridized carbons (Fsp3) is 0.467. The molecule has 1 saturated heterocycles. The van der Waals surface area contributed by atoms with E-state index in [1.165, 1.54) is 0 Å². The monoisotopic (exact) mass is 286 g/mol. The second kappa shape index (κ2) is 4.68. The van der Waals surface area contributed by atoms with Crippen molar-refractivity contribution in [3.05, 3.63) is 24.5 Å². The van der Waals surface area contributed by atoms with E-state index in [1.54, 1.807) is 19.5 Å². The van der Waals surface area contributed by atoms with E-state index in [1.807, 2.05) is 39.8 Å². The third-order valence-electron chi connectivity index (χ3n) is 4.34.